The van der Waals surface area contributed by atoms with Gasteiger partial charge in [-0.3, -0.25) is 14.5 Å². The fourth-order valence-corrected chi connectivity index (χ4v) is 6.35. The monoisotopic (exact) mass is 680 g/mol. The molecule has 1 aromatic carbocycles. The fraction of sp³-hybridized carbons (Fsp3) is 0.743. The number of carbonyl (C=O) groups excluding carboxylic acids is 3. The highest BCUT2D eigenvalue weighted by atomic mass is 79.9. The maximum atomic E-state index is 13.1. The number of esters is 3. The molecule has 0 aliphatic heterocycles. The molecule has 0 bridgehead atoms. The summed E-state index contributed by atoms with van der Waals surface area (Å²) in [4.78, 5) is 39.5. The fourth-order valence-electron chi connectivity index (χ4n) is 5.84. The van der Waals surface area contributed by atoms with Gasteiger partial charge in [-0.15, -0.1) is 0 Å². The van der Waals surface area contributed by atoms with Gasteiger partial charge in [0.2, 0.25) is 0 Å². The molecule has 0 radical (unpaired) electrons. The Morgan fingerprint density at radius 3 is 2.07 bits per heavy atom. The second-order valence-corrected chi connectivity index (χ2v) is 13.0. The summed E-state index contributed by atoms with van der Waals surface area (Å²) >= 11 is 3.51. The molecule has 8 nitrogen and oxygen atoms in total. The zero-order valence-electron chi connectivity index (χ0n) is 27.5. The SMILES string of the molecule is CCCCCCCCCCCCCC(=O)OC(COC(C)=O)COC(=O)c1cc(Br)c(N)c(CN(CC)C2CCCCC2)c1. The van der Waals surface area contributed by atoms with Crippen LogP contribution < -0.4 is 5.73 Å². The lowest BCUT2D eigenvalue weighted by Gasteiger charge is -2.34. The quantitative estimate of drug-likeness (QED) is 0.0562. The summed E-state index contributed by atoms with van der Waals surface area (Å²) in [6, 6.07) is 3.95. The second kappa shape index (κ2) is 22.4. The van der Waals surface area contributed by atoms with Crippen molar-refractivity contribution < 1.29 is 28.6 Å². The van der Waals surface area contributed by atoms with Crippen molar-refractivity contribution in [2.45, 2.75) is 149 Å². The van der Waals surface area contributed by atoms with Gasteiger partial charge in [-0.25, -0.2) is 4.79 Å². The Kier molecular flexibility index (Phi) is 19.4. The van der Waals surface area contributed by atoms with Crippen LogP contribution in [0.5, 0.6) is 0 Å². The number of rotatable bonds is 22. The summed E-state index contributed by atoms with van der Waals surface area (Å²) in [5.74, 6) is -1.43. The Morgan fingerprint density at radius 1 is 0.886 bits per heavy atom. The van der Waals surface area contributed by atoms with E-state index in [1.54, 1.807) is 12.1 Å². The Morgan fingerprint density at radius 2 is 1.48 bits per heavy atom. The van der Waals surface area contributed by atoms with Crippen LogP contribution >= 0.6 is 15.9 Å². The van der Waals surface area contributed by atoms with Crippen molar-refractivity contribution in [1.82, 2.24) is 4.90 Å². The Bertz CT molecular complexity index is 998. The minimum Gasteiger partial charge on any atom is -0.462 e. The number of nitrogens with zero attached hydrogens (tertiary/aromatic N) is 1. The summed E-state index contributed by atoms with van der Waals surface area (Å²) in [6.07, 6.45) is 18.7. The topological polar surface area (TPSA) is 108 Å². The van der Waals surface area contributed by atoms with E-state index < -0.39 is 18.0 Å². The van der Waals surface area contributed by atoms with Crippen molar-refractivity contribution in [2.75, 3.05) is 25.5 Å². The van der Waals surface area contributed by atoms with Gasteiger partial charge in [0.25, 0.3) is 0 Å². The standard InChI is InChI=1S/C35H57BrN2O6/c1-4-6-7-8-9-10-11-12-13-14-18-21-33(40)44-31(25-42-27(3)39)26-43-35(41)28-22-29(34(37)32(36)23-28)24-38(5-2)30-19-16-15-17-20-30/h22-23,30-31H,4-21,24-26,37H2,1-3H3. The van der Waals surface area contributed by atoms with E-state index >= 15 is 0 Å². The van der Waals surface area contributed by atoms with Crippen LogP contribution in [-0.4, -0.2) is 54.7 Å². The van der Waals surface area contributed by atoms with Crippen molar-refractivity contribution in [2.24, 2.45) is 0 Å². The van der Waals surface area contributed by atoms with Crippen LogP contribution in [0.25, 0.3) is 0 Å². The van der Waals surface area contributed by atoms with Crippen LogP contribution in [0.1, 0.15) is 146 Å². The lowest BCUT2D eigenvalue weighted by molar-refractivity contribution is -0.160. The molecule has 2 rings (SSSR count). The average Bonchev–Trinajstić information content (AvgIpc) is 3.01. The Balaban J connectivity index is 1.84. The van der Waals surface area contributed by atoms with Crippen molar-refractivity contribution in [3.8, 4) is 0 Å². The Labute approximate surface area is 274 Å². The summed E-state index contributed by atoms with van der Waals surface area (Å²) in [5, 5.41) is 0. The molecule has 250 valence electrons. The van der Waals surface area contributed by atoms with Gasteiger partial charge in [-0.1, -0.05) is 97.3 Å². The smallest absolute Gasteiger partial charge is 0.338 e. The first-order valence-electron chi connectivity index (χ1n) is 17.1. The average molecular weight is 682 g/mol. The highest BCUT2D eigenvalue weighted by molar-refractivity contribution is 9.10. The van der Waals surface area contributed by atoms with E-state index in [0.29, 0.717) is 28.3 Å². The first-order valence-corrected chi connectivity index (χ1v) is 17.9. The largest absolute Gasteiger partial charge is 0.462 e. The third kappa shape index (κ3) is 15.2. The van der Waals surface area contributed by atoms with Crippen LogP contribution in [0.4, 0.5) is 5.69 Å². The molecule has 1 aliphatic carbocycles. The molecule has 0 amide bonds. The van der Waals surface area contributed by atoms with E-state index in [0.717, 1.165) is 31.4 Å². The molecule has 0 saturated heterocycles. The van der Waals surface area contributed by atoms with Gasteiger partial charge < -0.3 is 19.9 Å². The third-order valence-corrected chi connectivity index (χ3v) is 9.13. The third-order valence-electron chi connectivity index (χ3n) is 8.48. The molecule has 1 aromatic rings. The van der Waals surface area contributed by atoms with Gasteiger partial charge in [0.1, 0.15) is 13.2 Å². The van der Waals surface area contributed by atoms with Crippen molar-refractivity contribution in [3.05, 3.63) is 27.7 Å². The molecule has 9 heteroatoms. The number of hydrogen-bond acceptors (Lipinski definition) is 8. The first kappa shape index (κ1) is 38.1. The molecule has 1 unspecified atom stereocenters. The first-order chi connectivity index (χ1) is 21.2. The highest BCUT2D eigenvalue weighted by Crippen LogP contribution is 2.30. The van der Waals surface area contributed by atoms with Crippen molar-refractivity contribution >= 4 is 39.5 Å². The van der Waals surface area contributed by atoms with Crippen LogP contribution in [-0.2, 0) is 30.3 Å². The number of nitrogens with two attached hydrogens (primary N) is 1. The summed E-state index contributed by atoms with van der Waals surface area (Å²) in [6.45, 7) is 6.85. The van der Waals surface area contributed by atoms with E-state index in [4.69, 9.17) is 19.9 Å². The number of halogens is 1. The van der Waals surface area contributed by atoms with Crippen LogP contribution in [0.3, 0.4) is 0 Å². The molecule has 1 fully saturated rings. The molecular formula is C35H57BrN2O6. The number of ether oxygens (including phenoxy) is 3. The number of anilines is 1. The molecule has 0 spiro atoms. The summed E-state index contributed by atoms with van der Waals surface area (Å²) in [5.41, 5.74) is 8.24. The zero-order chi connectivity index (χ0) is 32.2. The highest BCUT2D eigenvalue weighted by Gasteiger charge is 2.23. The van der Waals surface area contributed by atoms with Crippen LogP contribution in [0, 0.1) is 0 Å². The zero-order valence-corrected chi connectivity index (χ0v) is 29.1. The number of nitrogen functional groups attached to an aromatic ring is 1. The maximum Gasteiger partial charge on any atom is 0.338 e. The van der Waals surface area contributed by atoms with Crippen molar-refractivity contribution in [3.63, 3.8) is 0 Å². The second-order valence-electron chi connectivity index (χ2n) is 12.2. The van der Waals surface area contributed by atoms with Gasteiger partial charge in [0.05, 0.1) is 11.3 Å². The van der Waals surface area contributed by atoms with Crippen LogP contribution in [0.2, 0.25) is 0 Å². The summed E-state index contributed by atoms with van der Waals surface area (Å²) in [7, 11) is 0. The van der Waals surface area contributed by atoms with Gasteiger partial charge >= 0.3 is 17.9 Å². The lowest BCUT2D eigenvalue weighted by atomic mass is 9.93. The molecular weight excluding hydrogens is 624 g/mol. The van der Waals surface area contributed by atoms with Gasteiger partial charge in [-0.05, 0) is 59.4 Å². The maximum absolute atomic E-state index is 13.1. The predicted octanol–water partition coefficient (Wildman–Crippen LogP) is 8.52. The number of unbranched alkanes of at least 4 members (excludes halogenated alkanes) is 10. The molecule has 44 heavy (non-hydrogen) atoms. The number of hydrogen-bond donors (Lipinski definition) is 1. The van der Waals surface area contributed by atoms with Crippen molar-refractivity contribution in [1.29, 1.82) is 0 Å². The molecule has 2 N–H and O–H groups in total. The minimum absolute atomic E-state index is 0.170. The van der Waals surface area contributed by atoms with E-state index in [-0.39, 0.29) is 25.6 Å². The Hall–Kier alpha value is -2.13. The van der Waals surface area contributed by atoms with E-state index in [2.05, 4.69) is 34.7 Å². The minimum atomic E-state index is -0.873. The van der Waals surface area contributed by atoms with E-state index in [9.17, 15) is 14.4 Å². The van der Waals surface area contributed by atoms with Crippen LogP contribution in [0.15, 0.2) is 16.6 Å². The lowest BCUT2D eigenvalue weighted by Crippen LogP contribution is -2.36. The van der Waals surface area contributed by atoms with Gasteiger partial charge in [0, 0.05) is 30.4 Å². The summed E-state index contributed by atoms with van der Waals surface area (Å²) < 4.78 is 16.8. The molecule has 0 heterocycles. The van der Waals surface area contributed by atoms with Gasteiger partial charge in [0.15, 0.2) is 6.10 Å². The van der Waals surface area contributed by atoms with E-state index in [1.165, 1.54) is 90.4 Å². The molecule has 1 saturated carbocycles. The molecule has 1 aliphatic rings. The molecule has 1 atom stereocenters. The predicted molar refractivity (Wildman–Crippen MR) is 179 cm³/mol. The molecule has 0 aromatic heterocycles. The van der Waals surface area contributed by atoms with E-state index in [1.807, 2.05) is 0 Å². The number of benzene rings is 1. The number of carbonyl (C=O) groups is 3. The van der Waals surface area contributed by atoms with Gasteiger partial charge in [-0.2, -0.15) is 0 Å². The normalized spacial score (nSPS) is 14.4.